The molecule has 0 aliphatic heterocycles. The molecule has 6 nitrogen and oxygen atoms in total. The van der Waals surface area contributed by atoms with Gasteiger partial charge in [-0.05, 0) is 48.4 Å². The molecule has 0 radical (unpaired) electrons. The Balaban J connectivity index is 2.15. The molecule has 0 unspecified atom stereocenters. The predicted octanol–water partition coefficient (Wildman–Crippen LogP) is 5.59. The van der Waals surface area contributed by atoms with Crippen molar-refractivity contribution >= 4 is 33.0 Å². The van der Waals surface area contributed by atoms with Crippen molar-refractivity contribution in [1.29, 1.82) is 0 Å². The lowest BCUT2D eigenvalue weighted by Gasteiger charge is -2.17. The first-order chi connectivity index (χ1) is 15.5. The number of benzene rings is 2. The van der Waals surface area contributed by atoms with Gasteiger partial charge in [-0.2, -0.15) is 13.2 Å². The number of thiophene rings is 1. The van der Waals surface area contributed by atoms with Crippen LogP contribution in [0.25, 0.3) is 10.4 Å². The number of hydrogen-bond acceptors (Lipinski definition) is 6. The normalized spacial score (nSPS) is 11.8. The summed E-state index contributed by atoms with van der Waals surface area (Å²) in [6.45, 7) is 1.72. The van der Waals surface area contributed by atoms with E-state index < -0.39 is 27.7 Å². The Morgan fingerprint density at radius 3 is 2.36 bits per heavy atom. The molecule has 11 heteroatoms. The molecule has 0 atom stereocenters. The molecule has 0 fully saturated rings. The summed E-state index contributed by atoms with van der Waals surface area (Å²) in [5, 5.41) is 0.512. The summed E-state index contributed by atoms with van der Waals surface area (Å²) >= 11 is 1.15. The Morgan fingerprint density at radius 1 is 1.06 bits per heavy atom. The molecule has 176 valence electrons. The zero-order valence-electron chi connectivity index (χ0n) is 17.8. The van der Waals surface area contributed by atoms with Crippen molar-refractivity contribution in [2.45, 2.75) is 24.4 Å². The van der Waals surface area contributed by atoms with Crippen molar-refractivity contribution in [3.63, 3.8) is 0 Å². The first-order valence-corrected chi connectivity index (χ1v) is 11.9. The Morgan fingerprint density at radius 2 is 1.79 bits per heavy atom. The van der Waals surface area contributed by atoms with E-state index in [0.29, 0.717) is 21.9 Å². The van der Waals surface area contributed by atoms with Gasteiger partial charge in [0.25, 0.3) is 10.0 Å². The molecule has 0 spiro atoms. The summed E-state index contributed by atoms with van der Waals surface area (Å²) in [4.78, 5) is 12.2. The Bertz CT molecular complexity index is 1280. The lowest BCUT2D eigenvalue weighted by molar-refractivity contribution is -0.137. The van der Waals surface area contributed by atoms with E-state index in [-0.39, 0.29) is 21.7 Å². The van der Waals surface area contributed by atoms with E-state index in [1.54, 1.807) is 19.1 Å². The maximum Gasteiger partial charge on any atom is 0.416 e. The highest BCUT2D eigenvalue weighted by molar-refractivity contribution is 7.92. The molecule has 0 aliphatic rings. The van der Waals surface area contributed by atoms with Crippen molar-refractivity contribution < 1.29 is 35.9 Å². The molecule has 1 aromatic heterocycles. The molecule has 0 aliphatic carbocycles. The fraction of sp³-hybridized carbons (Fsp3) is 0.227. The third kappa shape index (κ3) is 5.31. The molecule has 33 heavy (non-hydrogen) atoms. The molecule has 1 heterocycles. The van der Waals surface area contributed by atoms with Crippen LogP contribution in [-0.2, 0) is 27.4 Å². The average molecular weight is 500 g/mol. The van der Waals surface area contributed by atoms with Crippen LogP contribution < -0.4 is 9.46 Å². The summed E-state index contributed by atoms with van der Waals surface area (Å²) in [5.41, 5.74) is -0.614. The van der Waals surface area contributed by atoms with E-state index in [1.807, 2.05) is 0 Å². The summed E-state index contributed by atoms with van der Waals surface area (Å²) in [6.07, 6.45) is -4.36. The number of carbonyl (C=O) groups is 1. The maximum absolute atomic E-state index is 13.4. The number of nitrogens with one attached hydrogen (secondary N) is 1. The quantitative estimate of drug-likeness (QED) is 0.429. The van der Waals surface area contributed by atoms with Crippen LogP contribution in [0.1, 0.15) is 28.4 Å². The molecule has 3 rings (SSSR count). The highest BCUT2D eigenvalue weighted by Gasteiger charge is 2.32. The number of rotatable bonds is 7. The van der Waals surface area contributed by atoms with Gasteiger partial charge in [0.2, 0.25) is 0 Å². The van der Waals surface area contributed by atoms with E-state index in [1.165, 1.54) is 25.3 Å². The van der Waals surface area contributed by atoms with Crippen molar-refractivity contribution in [3.05, 3.63) is 65.2 Å². The highest BCUT2D eigenvalue weighted by atomic mass is 32.2. The van der Waals surface area contributed by atoms with Crippen LogP contribution in [0.2, 0.25) is 0 Å². The minimum absolute atomic E-state index is 0.00216. The summed E-state index contributed by atoms with van der Waals surface area (Å²) in [5.74, 6) is -0.737. The number of carbonyl (C=O) groups excluding carboxylic acids is 1. The largest absolute Gasteiger partial charge is 0.487 e. The van der Waals surface area contributed by atoms with Crippen LogP contribution >= 0.6 is 11.3 Å². The number of esters is 1. The van der Waals surface area contributed by atoms with Gasteiger partial charge >= 0.3 is 12.1 Å². The van der Waals surface area contributed by atoms with Crippen molar-refractivity contribution in [3.8, 4) is 15.5 Å². The van der Waals surface area contributed by atoms with E-state index in [4.69, 9.17) is 4.74 Å². The minimum atomic E-state index is -4.68. The van der Waals surface area contributed by atoms with Gasteiger partial charge in [-0.15, -0.1) is 0 Å². The van der Waals surface area contributed by atoms with Gasteiger partial charge in [0, 0.05) is 10.4 Å². The van der Waals surface area contributed by atoms with Crippen LogP contribution in [0.4, 0.5) is 18.9 Å². The first-order valence-electron chi connectivity index (χ1n) is 9.59. The fourth-order valence-electron chi connectivity index (χ4n) is 3.14. The third-order valence-electron chi connectivity index (χ3n) is 4.80. The van der Waals surface area contributed by atoms with Crippen LogP contribution in [0.5, 0.6) is 5.06 Å². The SMILES string of the molecule is CCc1ccc(C(=O)OC)cc1S(=O)(=O)Nc1cc(C(F)(F)F)ccc1-c1ccc(OC)s1. The molecule has 3 aromatic rings. The third-order valence-corrected chi connectivity index (χ3v) is 7.33. The number of aryl methyl sites for hydroxylation is 1. The molecule has 0 amide bonds. The average Bonchev–Trinajstić information content (AvgIpc) is 3.26. The van der Waals surface area contributed by atoms with Crippen LogP contribution in [-0.4, -0.2) is 28.6 Å². The Labute approximate surface area is 193 Å². The number of methoxy groups -OCH3 is 2. The smallest absolute Gasteiger partial charge is 0.416 e. The van der Waals surface area contributed by atoms with Crippen LogP contribution in [0.15, 0.2) is 53.4 Å². The van der Waals surface area contributed by atoms with Gasteiger partial charge in [-0.1, -0.05) is 30.4 Å². The summed E-state index contributed by atoms with van der Waals surface area (Å²) in [7, 11) is -1.75. The molecule has 0 bridgehead atoms. The number of alkyl halides is 3. The summed E-state index contributed by atoms with van der Waals surface area (Å²) < 4.78 is 78.8. The van der Waals surface area contributed by atoms with E-state index in [2.05, 4.69) is 9.46 Å². The number of anilines is 1. The number of sulfonamides is 1. The Hall–Kier alpha value is -3.05. The van der Waals surface area contributed by atoms with Gasteiger partial charge in [0.05, 0.1) is 35.9 Å². The lowest BCUT2D eigenvalue weighted by Crippen LogP contribution is -2.17. The predicted molar refractivity (Wildman–Crippen MR) is 119 cm³/mol. The van der Waals surface area contributed by atoms with Crippen molar-refractivity contribution in [2.24, 2.45) is 0 Å². The zero-order valence-corrected chi connectivity index (χ0v) is 19.5. The van der Waals surface area contributed by atoms with Gasteiger partial charge < -0.3 is 9.47 Å². The second-order valence-corrected chi connectivity index (χ2v) is 9.55. The van der Waals surface area contributed by atoms with Gasteiger partial charge in [-0.3, -0.25) is 4.72 Å². The molecule has 0 saturated heterocycles. The fourth-order valence-corrected chi connectivity index (χ4v) is 5.40. The second-order valence-electron chi connectivity index (χ2n) is 6.85. The molecule has 1 N–H and O–H groups in total. The second kappa shape index (κ2) is 9.44. The van der Waals surface area contributed by atoms with Gasteiger partial charge in [0.1, 0.15) is 0 Å². The Kier molecular flexibility index (Phi) is 7.03. The van der Waals surface area contributed by atoms with E-state index in [9.17, 15) is 26.4 Å². The zero-order chi connectivity index (χ0) is 24.4. The van der Waals surface area contributed by atoms with E-state index >= 15 is 0 Å². The van der Waals surface area contributed by atoms with Gasteiger partial charge in [0.15, 0.2) is 5.06 Å². The number of ether oxygens (including phenoxy) is 2. The lowest BCUT2D eigenvalue weighted by atomic mass is 10.1. The standard InChI is InChI=1S/C22H20F3NO5S2/c1-4-13-5-6-14(21(27)31-3)11-19(13)33(28,29)26-17-12-15(22(23,24)25)7-8-16(17)18-9-10-20(30-2)32-18/h5-12,26H,4H2,1-3H3. The monoisotopic (exact) mass is 499 g/mol. The first kappa shape index (κ1) is 24.6. The topological polar surface area (TPSA) is 81.7 Å². The molecular weight excluding hydrogens is 479 g/mol. The molecule has 2 aromatic carbocycles. The molecule has 0 saturated carbocycles. The van der Waals surface area contributed by atoms with Crippen LogP contribution in [0, 0.1) is 0 Å². The van der Waals surface area contributed by atoms with E-state index in [0.717, 1.165) is 36.6 Å². The number of hydrogen-bond donors (Lipinski definition) is 1. The maximum atomic E-state index is 13.4. The van der Waals surface area contributed by atoms with Crippen LogP contribution in [0.3, 0.4) is 0 Å². The van der Waals surface area contributed by atoms with Gasteiger partial charge in [-0.25, -0.2) is 13.2 Å². The summed E-state index contributed by atoms with van der Waals surface area (Å²) in [6, 6.07) is 10.1. The van der Waals surface area contributed by atoms with Crippen molar-refractivity contribution in [2.75, 3.05) is 18.9 Å². The number of halogens is 3. The minimum Gasteiger partial charge on any atom is -0.487 e. The molecular formula is C22H20F3NO5S2. The van der Waals surface area contributed by atoms with Crippen molar-refractivity contribution in [1.82, 2.24) is 0 Å². The highest BCUT2D eigenvalue weighted by Crippen LogP contribution is 2.41.